The van der Waals surface area contributed by atoms with Crippen LogP contribution in [0.25, 0.3) is 11.4 Å². The molecule has 8 nitrogen and oxygen atoms in total. The van der Waals surface area contributed by atoms with E-state index >= 15 is 0 Å². The van der Waals surface area contributed by atoms with Gasteiger partial charge >= 0.3 is 0 Å². The first-order valence-corrected chi connectivity index (χ1v) is 11.0. The molecule has 0 spiro atoms. The zero-order chi connectivity index (χ0) is 21.8. The standard InChI is InChI=1S/C23H30N6O2/c1-4-29-14-20(13-24-29)25-23(30)19-9-11-28(12-10-19)15-21-26-22(27-31-21)18-7-5-17(6-8-18)16(2)3/h5-8,13-14,16,19H,4,9-12,15H2,1-3H3,(H,25,30). The summed E-state index contributed by atoms with van der Waals surface area (Å²) in [7, 11) is 0. The number of hydrogen-bond donors (Lipinski definition) is 1. The second kappa shape index (κ2) is 9.43. The Morgan fingerprint density at radius 2 is 1.97 bits per heavy atom. The Kier molecular flexibility index (Phi) is 6.46. The van der Waals surface area contributed by atoms with Crippen molar-refractivity contribution in [1.82, 2.24) is 24.8 Å². The zero-order valence-corrected chi connectivity index (χ0v) is 18.4. The monoisotopic (exact) mass is 422 g/mol. The van der Waals surface area contributed by atoms with Crippen molar-refractivity contribution in [3.8, 4) is 11.4 Å². The maximum absolute atomic E-state index is 12.5. The highest BCUT2D eigenvalue weighted by Gasteiger charge is 2.26. The van der Waals surface area contributed by atoms with Gasteiger partial charge in [0.2, 0.25) is 17.6 Å². The normalized spacial score (nSPS) is 15.5. The summed E-state index contributed by atoms with van der Waals surface area (Å²) < 4.78 is 7.28. The quantitative estimate of drug-likeness (QED) is 0.621. The first-order valence-electron chi connectivity index (χ1n) is 11.0. The van der Waals surface area contributed by atoms with Crippen LogP contribution >= 0.6 is 0 Å². The van der Waals surface area contributed by atoms with E-state index in [1.807, 2.05) is 25.3 Å². The van der Waals surface area contributed by atoms with E-state index in [1.54, 1.807) is 10.9 Å². The van der Waals surface area contributed by atoms with Crippen molar-refractivity contribution >= 4 is 11.6 Å². The van der Waals surface area contributed by atoms with E-state index in [2.05, 4.69) is 51.4 Å². The fourth-order valence-corrected chi connectivity index (χ4v) is 3.84. The van der Waals surface area contributed by atoms with Crippen LogP contribution in [0.2, 0.25) is 0 Å². The highest BCUT2D eigenvalue weighted by Crippen LogP contribution is 2.23. The number of anilines is 1. The summed E-state index contributed by atoms with van der Waals surface area (Å²) in [5.74, 6) is 1.80. The van der Waals surface area contributed by atoms with Gasteiger partial charge in [-0.3, -0.25) is 14.4 Å². The maximum Gasteiger partial charge on any atom is 0.241 e. The van der Waals surface area contributed by atoms with Crippen molar-refractivity contribution in [3.63, 3.8) is 0 Å². The number of amides is 1. The van der Waals surface area contributed by atoms with Crippen LogP contribution in [0.15, 0.2) is 41.2 Å². The Morgan fingerprint density at radius 1 is 1.23 bits per heavy atom. The number of aryl methyl sites for hydroxylation is 1. The highest BCUT2D eigenvalue weighted by molar-refractivity contribution is 5.92. The molecule has 0 radical (unpaired) electrons. The topological polar surface area (TPSA) is 89.1 Å². The number of benzene rings is 1. The van der Waals surface area contributed by atoms with E-state index in [0.29, 0.717) is 24.2 Å². The minimum Gasteiger partial charge on any atom is -0.338 e. The smallest absolute Gasteiger partial charge is 0.241 e. The molecule has 0 aliphatic carbocycles. The van der Waals surface area contributed by atoms with Crippen LogP contribution in [-0.2, 0) is 17.9 Å². The lowest BCUT2D eigenvalue weighted by Crippen LogP contribution is -2.37. The lowest BCUT2D eigenvalue weighted by molar-refractivity contribution is -0.121. The van der Waals surface area contributed by atoms with E-state index in [9.17, 15) is 4.79 Å². The van der Waals surface area contributed by atoms with E-state index < -0.39 is 0 Å². The number of aromatic nitrogens is 4. The summed E-state index contributed by atoms with van der Waals surface area (Å²) in [6.07, 6.45) is 5.17. The third-order valence-corrected chi connectivity index (χ3v) is 5.85. The molecule has 1 fully saturated rings. The third kappa shape index (κ3) is 5.19. The largest absolute Gasteiger partial charge is 0.338 e. The Bertz CT molecular complexity index is 999. The summed E-state index contributed by atoms with van der Waals surface area (Å²) in [4.78, 5) is 19.4. The minimum absolute atomic E-state index is 0.0129. The van der Waals surface area contributed by atoms with Crippen LogP contribution in [0.3, 0.4) is 0 Å². The molecule has 164 valence electrons. The number of nitrogens with zero attached hydrogens (tertiary/aromatic N) is 5. The molecule has 2 aromatic heterocycles. The van der Waals surface area contributed by atoms with Crippen molar-refractivity contribution in [2.75, 3.05) is 18.4 Å². The molecule has 1 aliphatic heterocycles. The average Bonchev–Trinajstić information content (AvgIpc) is 3.44. The molecule has 0 unspecified atom stereocenters. The van der Waals surface area contributed by atoms with Gasteiger partial charge in [-0.25, -0.2) is 0 Å². The lowest BCUT2D eigenvalue weighted by Gasteiger charge is -2.30. The van der Waals surface area contributed by atoms with E-state index in [-0.39, 0.29) is 11.8 Å². The number of likely N-dealkylation sites (tertiary alicyclic amines) is 1. The number of carbonyl (C=O) groups excluding carboxylic acids is 1. The Hall–Kier alpha value is -3.00. The van der Waals surface area contributed by atoms with Crippen LogP contribution in [0.1, 0.15) is 51.0 Å². The van der Waals surface area contributed by atoms with Gasteiger partial charge in [-0.15, -0.1) is 0 Å². The molecular formula is C23H30N6O2. The molecule has 1 aliphatic rings. The van der Waals surface area contributed by atoms with Crippen molar-refractivity contribution in [2.24, 2.45) is 5.92 Å². The van der Waals surface area contributed by atoms with Gasteiger partial charge < -0.3 is 9.84 Å². The molecule has 0 saturated carbocycles. The SMILES string of the molecule is CCn1cc(NC(=O)C2CCN(Cc3nc(-c4ccc(C(C)C)cc4)no3)CC2)cn1. The second-order valence-electron chi connectivity index (χ2n) is 8.41. The molecule has 1 amide bonds. The van der Waals surface area contributed by atoms with E-state index in [1.165, 1.54) is 5.56 Å². The molecule has 8 heteroatoms. The number of piperidine rings is 1. The van der Waals surface area contributed by atoms with Crippen LogP contribution in [0.5, 0.6) is 0 Å². The van der Waals surface area contributed by atoms with Gasteiger partial charge in [0.1, 0.15) is 0 Å². The van der Waals surface area contributed by atoms with Crippen LogP contribution in [0.4, 0.5) is 5.69 Å². The van der Waals surface area contributed by atoms with Gasteiger partial charge in [0.15, 0.2) is 0 Å². The third-order valence-electron chi connectivity index (χ3n) is 5.85. The van der Waals surface area contributed by atoms with Crippen molar-refractivity contribution in [2.45, 2.75) is 52.6 Å². The Labute approximate surface area is 182 Å². The molecular weight excluding hydrogens is 392 g/mol. The van der Waals surface area contributed by atoms with Crippen LogP contribution in [0, 0.1) is 5.92 Å². The van der Waals surface area contributed by atoms with Gasteiger partial charge in [0, 0.05) is 24.2 Å². The van der Waals surface area contributed by atoms with Crippen LogP contribution < -0.4 is 5.32 Å². The molecule has 1 aromatic carbocycles. The maximum atomic E-state index is 12.5. The summed E-state index contributed by atoms with van der Waals surface area (Å²) in [6, 6.07) is 8.30. The Balaban J connectivity index is 1.27. The van der Waals surface area contributed by atoms with Gasteiger partial charge in [-0.05, 0) is 44.3 Å². The first kappa shape index (κ1) is 21.2. The van der Waals surface area contributed by atoms with Gasteiger partial charge in [0.25, 0.3) is 0 Å². The minimum atomic E-state index is 0.0129. The number of nitrogens with one attached hydrogen (secondary N) is 1. The fourth-order valence-electron chi connectivity index (χ4n) is 3.84. The summed E-state index contributed by atoms with van der Waals surface area (Å²) in [6.45, 7) is 9.41. The van der Waals surface area contributed by atoms with Gasteiger partial charge in [-0.1, -0.05) is 43.3 Å². The molecule has 0 atom stereocenters. The fraction of sp³-hybridized carbons (Fsp3) is 0.478. The molecule has 0 bridgehead atoms. The predicted octanol–water partition coefficient (Wildman–Crippen LogP) is 3.93. The lowest BCUT2D eigenvalue weighted by atomic mass is 9.96. The van der Waals surface area contributed by atoms with Crippen molar-refractivity contribution in [3.05, 3.63) is 48.1 Å². The molecule has 4 rings (SSSR count). The zero-order valence-electron chi connectivity index (χ0n) is 18.4. The molecule has 31 heavy (non-hydrogen) atoms. The number of hydrogen-bond acceptors (Lipinski definition) is 6. The van der Waals surface area contributed by atoms with E-state index in [0.717, 1.165) is 43.7 Å². The van der Waals surface area contributed by atoms with Gasteiger partial charge in [-0.2, -0.15) is 10.1 Å². The predicted molar refractivity (Wildman–Crippen MR) is 118 cm³/mol. The summed E-state index contributed by atoms with van der Waals surface area (Å²) in [5, 5.41) is 11.3. The first-order chi connectivity index (χ1) is 15.0. The van der Waals surface area contributed by atoms with E-state index in [4.69, 9.17) is 4.52 Å². The van der Waals surface area contributed by atoms with Crippen LogP contribution in [-0.4, -0.2) is 43.8 Å². The number of rotatable bonds is 7. The second-order valence-corrected chi connectivity index (χ2v) is 8.41. The molecule has 1 N–H and O–H groups in total. The van der Waals surface area contributed by atoms with Crippen molar-refractivity contribution in [1.29, 1.82) is 0 Å². The average molecular weight is 423 g/mol. The highest BCUT2D eigenvalue weighted by atomic mass is 16.5. The Morgan fingerprint density at radius 3 is 2.61 bits per heavy atom. The van der Waals surface area contributed by atoms with Crippen molar-refractivity contribution < 1.29 is 9.32 Å². The number of carbonyl (C=O) groups is 1. The van der Waals surface area contributed by atoms with Gasteiger partial charge in [0.05, 0.1) is 18.4 Å². The summed E-state index contributed by atoms with van der Waals surface area (Å²) in [5.41, 5.74) is 3.01. The molecule has 1 saturated heterocycles. The summed E-state index contributed by atoms with van der Waals surface area (Å²) >= 11 is 0. The molecule has 3 heterocycles. The molecule has 3 aromatic rings.